The number of hydrogen-bond acceptors (Lipinski definition) is 6. The van der Waals surface area contributed by atoms with Crippen molar-refractivity contribution in [1.29, 1.82) is 0 Å². The van der Waals surface area contributed by atoms with Crippen LogP contribution in [0.4, 0.5) is 13.2 Å². The van der Waals surface area contributed by atoms with Gasteiger partial charge in [0.2, 0.25) is 12.0 Å². The van der Waals surface area contributed by atoms with Crippen LogP contribution in [0.15, 0.2) is 34.9 Å². The van der Waals surface area contributed by atoms with E-state index in [2.05, 4.69) is 15.0 Å². The topological polar surface area (TPSA) is 65.8 Å². The van der Waals surface area contributed by atoms with Gasteiger partial charge in [-0.25, -0.2) is 4.98 Å². The van der Waals surface area contributed by atoms with Gasteiger partial charge in [-0.3, -0.25) is 0 Å². The van der Waals surface area contributed by atoms with Gasteiger partial charge >= 0.3 is 6.36 Å². The lowest BCUT2D eigenvalue weighted by Crippen LogP contribution is -2.43. The first kappa shape index (κ1) is 17.6. The molecule has 9 heteroatoms. The van der Waals surface area contributed by atoms with Crippen molar-refractivity contribution in [3.05, 3.63) is 42.1 Å². The predicted molar refractivity (Wildman–Crippen MR) is 80.3 cm³/mol. The number of aryl methyl sites for hydroxylation is 1. The van der Waals surface area contributed by atoms with E-state index < -0.39 is 24.3 Å². The quantitative estimate of drug-likeness (QED) is 0.886. The van der Waals surface area contributed by atoms with Gasteiger partial charge in [-0.1, -0.05) is 12.1 Å². The van der Waals surface area contributed by atoms with Crippen LogP contribution in [0.2, 0.25) is 0 Å². The van der Waals surface area contributed by atoms with Gasteiger partial charge in [0, 0.05) is 13.1 Å². The second-order valence-corrected chi connectivity index (χ2v) is 5.47. The van der Waals surface area contributed by atoms with Crippen LogP contribution in [-0.4, -0.2) is 37.1 Å². The Balaban J connectivity index is 1.87. The minimum absolute atomic E-state index is 0.0742. The van der Waals surface area contributed by atoms with Crippen LogP contribution >= 0.6 is 0 Å². The van der Waals surface area contributed by atoms with Crippen molar-refractivity contribution in [2.75, 3.05) is 19.7 Å². The summed E-state index contributed by atoms with van der Waals surface area (Å²) in [5, 5.41) is 3.14. The van der Waals surface area contributed by atoms with Crippen LogP contribution in [0, 0.1) is 6.92 Å². The summed E-state index contributed by atoms with van der Waals surface area (Å²) < 4.78 is 58.7. The Labute approximate surface area is 141 Å². The highest BCUT2D eigenvalue weighted by molar-refractivity contribution is 5.40. The average Bonchev–Trinajstić information content (AvgIpc) is 2.99. The minimum atomic E-state index is -4.82. The van der Waals surface area contributed by atoms with Crippen LogP contribution in [0.1, 0.15) is 17.7 Å². The Morgan fingerprint density at radius 3 is 2.64 bits per heavy atom. The van der Waals surface area contributed by atoms with E-state index in [0.717, 1.165) is 0 Å². The highest BCUT2D eigenvalue weighted by Gasteiger charge is 2.35. The van der Waals surface area contributed by atoms with Crippen LogP contribution in [0.25, 0.3) is 0 Å². The monoisotopic (exact) mass is 358 g/mol. The first-order valence-electron chi connectivity index (χ1n) is 7.68. The van der Waals surface area contributed by atoms with E-state index in [9.17, 15) is 13.2 Å². The summed E-state index contributed by atoms with van der Waals surface area (Å²) in [7, 11) is 0. The van der Waals surface area contributed by atoms with Crippen molar-refractivity contribution >= 4 is 0 Å². The number of rotatable bonds is 5. The molecule has 136 valence electrons. The molecule has 0 bridgehead atoms. The van der Waals surface area contributed by atoms with Crippen molar-refractivity contribution in [1.82, 2.24) is 10.3 Å². The number of hydrogen-bond donors (Lipinski definition) is 1. The summed E-state index contributed by atoms with van der Waals surface area (Å²) in [6, 6.07) is 5.55. The summed E-state index contributed by atoms with van der Waals surface area (Å²) in [5.41, 5.74) is 0.632. The molecule has 2 aromatic rings. The highest BCUT2D eigenvalue weighted by atomic mass is 19.4. The SMILES string of the molecule is Cc1coc(C(Oc2ccccc2OC(F)(F)F)C2CNCCO2)n1. The number of nitrogens with one attached hydrogen (secondary N) is 1. The maximum absolute atomic E-state index is 12.6. The minimum Gasteiger partial charge on any atom is -0.474 e. The van der Waals surface area contributed by atoms with E-state index in [1.165, 1.54) is 24.5 Å². The van der Waals surface area contributed by atoms with Crippen molar-refractivity contribution in [2.24, 2.45) is 0 Å². The average molecular weight is 358 g/mol. The molecule has 1 N–H and O–H groups in total. The molecule has 0 spiro atoms. The molecule has 1 aromatic heterocycles. The molecule has 2 heterocycles. The highest BCUT2D eigenvalue weighted by Crippen LogP contribution is 2.36. The number of nitrogens with zero attached hydrogens (tertiary/aromatic N) is 1. The molecule has 1 aromatic carbocycles. The fourth-order valence-corrected chi connectivity index (χ4v) is 2.46. The van der Waals surface area contributed by atoms with Crippen molar-refractivity contribution in [2.45, 2.75) is 25.5 Å². The van der Waals surface area contributed by atoms with Gasteiger partial charge < -0.3 is 23.9 Å². The first-order chi connectivity index (χ1) is 11.9. The van der Waals surface area contributed by atoms with Crippen molar-refractivity contribution in [3.8, 4) is 11.5 Å². The van der Waals surface area contributed by atoms with Crippen molar-refractivity contribution in [3.63, 3.8) is 0 Å². The molecule has 6 nitrogen and oxygen atoms in total. The molecule has 1 aliphatic heterocycles. The maximum atomic E-state index is 12.6. The largest absolute Gasteiger partial charge is 0.573 e. The van der Waals surface area contributed by atoms with Gasteiger partial charge in [0.25, 0.3) is 0 Å². The molecule has 0 radical (unpaired) electrons. The predicted octanol–water partition coefficient (Wildman–Crippen LogP) is 2.99. The van der Waals surface area contributed by atoms with Crippen molar-refractivity contribution < 1.29 is 31.8 Å². The van der Waals surface area contributed by atoms with Gasteiger partial charge in [0.1, 0.15) is 12.4 Å². The first-order valence-corrected chi connectivity index (χ1v) is 7.68. The second kappa shape index (κ2) is 7.32. The number of aromatic nitrogens is 1. The smallest absolute Gasteiger partial charge is 0.474 e. The molecular weight excluding hydrogens is 341 g/mol. The normalized spacial score (nSPS) is 19.4. The van der Waals surface area contributed by atoms with E-state index in [0.29, 0.717) is 25.4 Å². The zero-order chi connectivity index (χ0) is 17.9. The molecular formula is C16H17F3N2O4. The molecule has 1 saturated heterocycles. The third kappa shape index (κ3) is 4.64. The van der Waals surface area contributed by atoms with Gasteiger partial charge in [-0.05, 0) is 19.1 Å². The lowest BCUT2D eigenvalue weighted by molar-refractivity contribution is -0.275. The lowest BCUT2D eigenvalue weighted by atomic mass is 10.1. The molecule has 1 aliphatic rings. The molecule has 2 unspecified atom stereocenters. The van der Waals surface area contributed by atoms with E-state index in [4.69, 9.17) is 13.9 Å². The summed E-state index contributed by atoms with van der Waals surface area (Å²) in [5.74, 6) is -0.282. The van der Waals surface area contributed by atoms with Gasteiger partial charge in [-0.15, -0.1) is 13.2 Å². The molecule has 25 heavy (non-hydrogen) atoms. The third-order valence-corrected chi connectivity index (χ3v) is 3.50. The Bertz CT molecular complexity index is 699. The van der Waals surface area contributed by atoms with E-state index in [1.54, 1.807) is 13.0 Å². The van der Waals surface area contributed by atoms with Gasteiger partial charge in [0.15, 0.2) is 11.5 Å². The zero-order valence-corrected chi connectivity index (χ0v) is 13.4. The van der Waals surface area contributed by atoms with Crippen LogP contribution in [-0.2, 0) is 4.74 Å². The summed E-state index contributed by atoms with van der Waals surface area (Å²) in [4.78, 5) is 4.22. The van der Waals surface area contributed by atoms with E-state index in [1.807, 2.05) is 0 Å². The van der Waals surface area contributed by atoms with Crippen LogP contribution < -0.4 is 14.8 Å². The van der Waals surface area contributed by atoms with E-state index in [-0.39, 0.29) is 11.6 Å². The lowest BCUT2D eigenvalue weighted by Gasteiger charge is -2.30. The summed E-state index contributed by atoms with van der Waals surface area (Å²) >= 11 is 0. The molecule has 2 atom stereocenters. The number of halogens is 3. The Kier molecular flexibility index (Phi) is 5.14. The second-order valence-electron chi connectivity index (χ2n) is 5.47. The molecule has 3 rings (SSSR count). The Morgan fingerprint density at radius 1 is 1.28 bits per heavy atom. The number of oxazole rings is 1. The third-order valence-electron chi connectivity index (χ3n) is 3.50. The standard InChI is InChI=1S/C16H17F3N2O4/c1-10-9-23-15(21-10)14(13-8-20-6-7-22-13)24-11-4-2-3-5-12(11)25-16(17,18)19/h2-5,9,13-14,20H,6-8H2,1H3. The number of alkyl halides is 3. The molecule has 0 saturated carbocycles. The Hall–Kier alpha value is -2.26. The van der Waals surface area contributed by atoms with Gasteiger partial charge in [-0.2, -0.15) is 0 Å². The summed E-state index contributed by atoms with van der Waals surface area (Å²) in [6.07, 6.45) is -4.66. The molecule has 0 amide bonds. The maximum Gasteiger partial charge on any atom is 0.573 e. The van der Waals surface area contributed by atoms with Crippen LogP contribution in [0.5, 0.6) is 11.5 Å². The van der Waals surface area contributed by atoms with Gasteiger partial charge in [0.05, 0.1) is 12.3 Å². The molecule has 1 fully saturated rings. The fraction of sp³-hybridized carbons (Fsp3) is 0.438. The number of benzene rings is 1. The fourth-order valence-electron chi connectivity index (χ4n) is 2.46. The number of ether oxygens (including phenoxy) is 3. The number of para-hydroxylation sites is 2. The Morgan fingerprint density at radius 2 is 2.04 bits per heavy atom. The molecule has 0 aliphatic carbocycles. The number of morpholine rings is 1. The summed E-state index contributed by atoms with van der Waals surface area (Å²) in [6.45, 7) is 3.33. The van der Waals surface area contributed by atoms with Crippen LogP contribution in [0.3, 0.4) is 0 Å². The zero-order valence-electron chi connectivity index (χ0n) is 13.4. The van der Waals surface area contributed by atoms with E-state index >= 15 is 0 Å².